The van der Waals surface area contributed by atoms with E-state index in [1.54, 1.807) is 0 Å². The smallest absolute Gasteiger partial charge is 0.307 e. The number of hydrogen-bond donors (Lipinski definition) is 2. The van der Waals surface area contributed by atoms with Crippen molar-refractivity contribution in [2.24, 2.45) is 5.73 Å². The SMILES string of the molecule is COC(=O)CCNC(=O)Cc1csc(-c2ccccc2CN)n1. The Morgan fingerprint density at radius 1 is 1.35 bits per heavy atom. The summed E-state index contributed by atoms with van der Waals surface area (Å²) in [5, 5.41) is 5.39. The number of carbonyl (C=O) groups is 2. The monoisotopic (exact) mass is 333 g/mol. The first kappa shape index (κ1) is 17.1. The Kier molecular flexibility index (Phi) is 6.25. The average molecular weight is 333 g/mol. The van der Waals surface area contributed by atoms with E-state index in [-0.39, 0.29) is 31.3 Å². The van der Waals surface area contributed by atoms with Crippen LogP contribution in [0.4, 0.5) is 0 Å². The maximum Gasteiger partial charge on any atom is 0.307 e. The number of aromatic nitrogens is 1. The number of esters is 1. The van der Waals surface area contributed by atoms with Gasteiger partial charge >= 0.3 is 5.97 Å². The van der Waals surface area contributed by atoms with Crippen molar-refractivity contribution in [1.29, 1.82) is 0 Å². The molecule has 0 fully saturated rings. The van der Waals surface area contributed by atoms with Crippen molar-refractivity contribution in [3.05, 3.63) is 40.9 Å². The Morgan fingerprint density at radius 2 is 2.13 bits per heavy atom. The molecule has 0 bridgehead atoms. The van der Waals surface area contributed by atoms with Crippen LogP contribution in [-0.4, -0.2) is 30.5 Å². The summed E-state index contributed by atoms with van der Waals surface area (Å²) in [6, 6.07) is 7.82. The molecule has 7 heteroatoms. The van der Waals surface area contributed by atoms with Crippen LogP contribution in [0.5, 0.6) is 0 Å². The van der Waals surface area contributed by atoms with Gasteiger partial charge in [-0.15, -0.1) is 11.3 Å². The highest BCUT2D eigenvalue weighted by atomic mass is 32.1. The molecular weight excluding hydrogens is 314 g/mol. The number of nitrogens with zero attached hydrogens (tertiary/aromatic N) is 1. The third-order valence-corrected chi connectivity index (χ3v) is 4.16. The van der Waals surface area contributed by atoms with E-state index in [2.05, 4.69) is 15.0 Å². The number of thiazole rings is 1. The van der Waals surface area contributed by atoms with Crippen molar-refractivity contribution in [2.75, 3.05) is 13.7 Å². The van der Waals surface area contributed by atoms with E-state index in [1.807, 2.05) is 29.6 Å². The number of nitrogens with one attached hydrogen (secondary N) is 1. The zero-order valence-electron chi connectivity index (χ0n) is 12.9. The maximum absolute atomic E-state index is 11.8. The van der Waals surface area contributed by atoms with Gasteiger partial charge in [0, 0.05) is 24.0 Å². The van der Waals surface area contributed by atoms with Gasteiger partial charge in [-0.25, -0.2) is 4.98 Å². The summed E-state index contributed by atoms with van der Waals surface area (Å²) < 4.78 is 4.51. The van der Waals surface area contributed by atoms with Crippen LogP contribution in [0.2, 0.25) is 0 Å². The van der Waals surface area contributed by atoms with E-state index < -0.39 is 0 Å². The fourth-order valence-corrected chi connectivity index (χ4v) is 2.93. The minimum absolute atomic E-state index is 0.161. The summed E-state index contributed by atoms with van der Waals surface area (Å²) in [5.74, 6) is -0.516. The molecule has 0 aliphatic rings. The van der Waals surface area contributed by atoms with Gasteiger partial charge in [-0.05, 0) is 5.56 Å². The molecule has 0 unspecified atom stereocenters. The van der Waals surface area contributed by atoms with Gasteiger partial charge in [0.2, 0.25) is 5.91 Å². The molecule has 1 amide bonds. The quantitative estimate of drug-likeness (QED) is 0.749. The zero-order valence-corrected chi connectivity index (χ0v) is 13.7. The van der Waals surface area contributed by atoms with Crippen molar-refractivity contribution in [3.63, 3.8) is 0 Å². The fraction of sp³-hybridized carbons (Fsp3) is 0.312. The van der Waals surface area contributed by atoms with Crippen molar-refractivity contribution in [2.45, 2.75) is 19.4 Å². The molecule has 0 atom stereocenters. The molecular formula is C16H19N3O3S. The molecule has 23 heavy (non-hydrogen) atoms. The van der Waals surface area contributed by atoms with Gasteiger partial charge in [-0.1, -0.05) is 24.3 Å². The summed E-state index contributed by atoms with van der Waals surface area (Å²) in [5.41, 5.74) is 8.46. The van der Waals surface area contributed by atoms with Gasteiger partial charge in [0.1, 0.15) is 5.01 Å². The second-order valence-electron chi connectivity index (χ2n) is 4.86. The molecule has 1 aromatic heterocycles. The molecule has 0 aliphatic heterocycles. The average Bonchev–Trinajstić information content (AvgIpc) is 3.02. The molecule has 1 aromatic carbocycles. The Morgan fingerprint density at radius 3 is 2.87 bits per heavy atom. The molecule has 6 nitrogen and oxygen atoms in total. The summed E-state index contributed by atoms with van der Waals surface area (Å²) >= 11 is 1.49. The molecule has 0 saturated carbocycles. The van der Waals surface area contributed by atoms with Crippen LogP contribution < -0.4 is 11.1 Å². The van der Waals surface area contributed by atoms with Gasteiger partial charge < -0.3 is 15.8 Å². The lowest BCUT2D eigenvalue weighted by molar-refractivity contribution is -0.140. The number of hydrogen-bond acceptors (Lipinski definition) is 6. The molecule has 1 heterocycles. The predicted molar refractivity (Wildman–Crippen MR) is 88.8 cm³/mol. The summed E-state index contributed by atoms with van der Waals surface area (Å²) in [7, 11) is 1.32. The van der Waals surface area contributed by atoms with Gasteiger partial charge in [0.05, 0.1) is 25.6 Å². The molecule has 0 spiro atoms. The van der Waals surface area contributed by atoms with E-state index in [0.717, 1.165) is 16.1 Å². The van der Waals surface area contributed by atoms with E-state index in [0.29, 0.717) is 12.2 Å². The van der Waals surface area contributed by atoms with Crippen LogP contribution in [0.1, 0.15) is 17.7 Å². The highest BCUT2D eigenvalue weighted by Gasteiger charge is 2.11. The van der Waals surface area contributed by atoms with Gasteiger partial charge in [-0.3, -0.25) is 9.59 Å². The highest BCUT2D eigenvalue weighted by molar-refractivity contribution is 7.13. The zero-order chi connectivity index (χ0) is 16.7. The second kappa shape index (κ2) is 8.40. The highest BCUT2D eigenvalue weighted by Crippen LogP contribution is 2.27. The Balaban J connectivity index is 1.94. The second-order valence-corrected chi connectivity index (χ2v) is 5.72. The van der Waals surface area contributed by atoms with Gasteiger partial charge in [0.15, 0.2) is 0 Å². The molecule has 2 rings (SSSR count). The lowest BCUT2D eigenvalue weighted by Gasteiger charge is -2.04. The number of rotatable bonds is 7. The Hall–Kier alpha value is -2.25. The first-order valence-corrected chi connectivity index (χ1v) is 8.08. The minimum atomic E-state index is -0.348. The number of carbonyl (C=O) groups excluding carboxylic acids is 2. The number of methoxy groups -OCH3 is 1. The van der Waals surface area contributed by atoms with E-state index in [4.69, 9.17) is 5.73 Å². The summed E-state index contributed by atoms with van der Waals surface area (Å²) in [6.07, 6.45) is 0.344. The van der Waals surface area contributed by atoms with Crippen molar-refractivity contribution in [3.8, 4) is 10.6 Å². The summed E-state index contributed by atoms with van der Waals surface area (Å²) in [6.45, 7) is 0.706. The van der Waals surface area contributed by atoms with Crippen molar-refractivity contribution >= 4 is 23.2 Å². The van der Waals surface area contributed by atoms with Crippen molar-refractivity contribution < 1.29 is 14.3 Å². The Bertz CT molecular complexity index is 685. The lowest BCUT2D eigenvalue weighted by Crippen LogP contribution is -2.27. The maximum atomic E-state index is 11.8. The number of amides is 1. The van der Waals surface area contributed by atoms with E-state index in [1.165, 1.54) is 18.4 Å². The molecule has 2 aromatic rings. The van der Waals surface area contributed by atoms with Crippen LogP contribution >= 0.6 is 11.3 Å². The van der Waals surface area contributed by atoms with Crippen LogP contribution in [0.15, 0.2) is 29.6 Å². The number of nitrogens with two attached hydrogens (primary N) is 1. The van der Waals surface area contributed by atoms with Crippen molar-refractivity contribution in [1.82, 2.24) is 10.3 Å². The van der Waals surface area contributed by atoms with Gasteiger partial charge in [0.25, 0.3) is 0 Å². The largest absolute Gasteiger partial charge is 0.469 e. The van der Waals surface area contributed by atoms with E-state index in [9.17, 15) is 9.59 Å². The third kappa shape index (κ3) is 4.87. The molecule has 3 N–H and O–H groups in total. The third-order valence-electron chi connectivity index (χ3n) is 3.24. The van der Waals surface area contributed by atoms with Crippen LogP contribution in [0.25, 0.3) is 10.6 Å². The lowest BCUT2D eigenvalue weighted by atomic mass is 10.1. The molecule has 122 valence electrons. The first-order chi connectivity index (χ1) is 11.1. The normalized spacial score (nSPS) is 10.3. The van der Waals surface area contributed by atoms with E-state index >= 15 is 0 Å². The van der Waals surface area contributed by atoms with Gasteiger partial charge in [-0.2, -0.15) is 0 Å². The Labute approximate surface area is 138 Å². The van der Waals surface area contributed by atoms with Crippen LogP contribution in [0.3, 0.4) is 0 Å². The van der Waals surface area contributed by atoms with Crippen LogP contribution in [0, 0.1) is 0 Å². The predicted octanol–water partition coefficient (Wildman–Crippen LogP) is 1.49. The summed E-state index contributed by atoms with van der Waals surface area (Å²) in [4.78, 5) is 27.3. The number of benzene rings is 1. The standard InChI is InChI=1S/C16H19N3O3S/c1-22-15(21)6-7-18-14(20)8-12-10-23-16(19-12)13-5-3-2-4-11(13)9-17/h2-5,10H,6-9,17H2,1H3,(H,18,20). The topological polar surface area (TPSA) is 94.3 Å². The fourth-order valence-electron chi connectivity index (χ4n) is 2.05. The minimum Gasteiger partial charge on any atom is -0.469 e. The molecule has 0 aliphatic carbocycles. The first-order valence-electron chi connectivity index (χ1n) is 7.20. The number of ether oxygens (including phenoxy) is 1. The van der Waals surface area contributed by atoms with Crippen LogP contribution in [-0.2, 0) is 27.3 Å². The molecule has 0 radical (unpaired) electrons. The molecule has 0 saturated heterocycles.